The predicted octanol–water partition coefficient (Wildman–Crippen LogP) is 2.20. The highest BCUT2D eigenvalue weighted by atomic mass is 32.2. The Morgan fingerprint density at radius 1 is 1.27 bits per heavy atom. The molecule has 0 fully saturated rings. The number of nitrogens with zero attached hydrogens (tertiary/aromatic N) is 1. The number of carbonyl (C=O) groups is 2. The van der Waals surface area contributed by atoms with Crippen molar-refractivity contribution in [1.29, 1.82) is 0 Å². The number of fused-ring (bicyclic) bond motifs is 2. The van der Waals surface area contributed by atoms with Gasteiger partial charge < -0.3 is 15.4 Å². The third kappa shape index (κ3) is 3.12. The fourth-order valence-electron chi connectivity index (χ4n) is 3.36. The largest absolute Gasteiger partial charge is 0.491 e. The van der Waals surface area contributed by atoms with Crippen molar-refractivity contribution < 1.29 is 35.9 Å². The summed E-state index contributed by atoms with van der Waals surface area (Å²) in [6.45, 7) is 0.546. The molecule has 4 rings (SSSR count). The summed E-state index contributed by atoms with van der Waals surface area (Å²) in [6, 6.07) is 2.28. The fraction of sp³-hybridized carbons (Fsp3) is 0.222. The summed E-state index contributed by atoms with van der Waals surface area (Å²) >= 11 is 0. The maximum absolute atomic E-state index is 14.3. The van der Waals surface area contributed by atoms with Gasteiger partial charge in [0.05, 0.1) is 17.3 Å². The third-order valence-corrected chi connectivity index (χ3v) is 6.47. The van der Waals surface area contributed by atoms with Crippen molar-refractivity contribution in [2.45, 2.75) is 17.9 Å². The maximum Gasteiger partial charge on any atom is 0.336 e. The molecule has 2 heterocycles. The first kappa shape index (κ1) is 20.0. The summed E-state index contributed by atoms with van der Waals surface area (Å²) in [5.41, 5.74) is 0.270. The number of benzene rings is 2. The van der Waals surface area contributed by atoms with Crippen LogP contribution >= 0.6 is 0 Å². The van der Waals surface area contributed by atoms with Gasteiger partial charge >= 0.3 is 6.03 Å². The topological polar surface area (TPSA) is 105 Å². The van der Waals surface area contributed by atoms with Crippen molar-refractivity contribution in [2.24, 2.45) is 0 Å². The molecule has 0 bridgehead atoms. The fourth-order valence-corrected chi connectivity index (χ4v) is 4.85. The molecule has 2 aliphatic rings. The lowest BCUT2D eigenvalue weighted by Crippen LogP contribution is -2.49. The number of carbonyl (C=O) groups excluding carboxylic acids is 2. The van der Waals surface area contributed by atoms with Gasteiger partial charge in [0, 0.05) is 0 Å². The molecule has 0 radical (unpaired) electrons. The van der Waals surface area contributed by atoms with Gasteiger partial charge in [-0.2, -0.15) is 0 Å². The Bertz CT molecular complexity index is 1200. The molecule has 0 saturated heterocycles. The quantitative estimate of drug-likeness (QED) is 0.760. The summed E-state index contributed by atoms with van der Waals surface area (Å²) in [4.78, 5) is 23.5. The molecule has 0 spiro atoms. The van der Waals surface area contributed by atoms with Crippen LogP contribution in [0.4, 0.5) is 23.7 Å². The zero-order valence-corrected chi connectivity index (χ0v) is 16.1. The van der Waals surface area contributed by atoms with Crippen molar-refractivity contribution >= 4 is 27.6 Å². The van der Waals surface area contributed by atoms with E-state index in [0.29, 0.717) is 11.6 Å². The summed E-state index contributed by atoms with van der Waals surface area (Å²) < 4.78 is 72.6. The van der Waals surface area contributed by atoms with Crippen LogP contribution in [0, 0.1) is 24.4 Å². The lowest BCUT2D eigenvalue weighted by molar-refractivity contribution is -0.121. The Kier molecular flexibility index (Phi) is 4.60. The number of ether oxygens (including phenoxy) is 1. The van der Waals surface area contributed by atoms with Gasteiger partial charge in [0.25, 0.3) is 10.0 Å². The Balaban J connectivity index is 1.58. The zero-order chi connectivity index (χ0) is 21.8. The highest BCUT2D eigenvalue weighted by Gasteiger charge is 2.41. The van der Waals surface area contributed by atoms with Crippen LogP contribution in [-0.2, 0) is 14.8 Å². The Morgan fingerprint density at radius 2 is 2.00 bits per heavy atom. The van der Waals surface area contributed by atoms with Crippen molar-refractivity contribution in [3.05, 3.63) is 52.8 Å². The number of hydrogen-bond acceptors (Lipinski definition) is 5. The Morgan fingerprint density at radius 3 is 2.73 bits per heavy atom. The number of anilines is 1. The molecule has 2 aromatic rings. The minimum absolute atomic E-state index is 0.0788. The summed E-state index contributed by atoms with van der Waals surface area (Å²) in [5.74, 6) is -4.43. The Labute approximate surface area is 168 Å². The average molecular weight is 441 g/mol. The van der Waals surface area contributed by atoms with E-state index < -0.39 is 62.6 Å². The minimum Gasteiger partial charge on any atom is -0.491 e. The van der Waals surface area contributed by atoms with E-state index in [1.165, 1.54) is 6.07 Å². The van der Waals surface area contributed by atoms with Gasteiger partial charge in [-0.1, -0.05) is 0 Å². The van der Waals surface area contributed by atoms with Crippen molar-refractivity contribution in [2.75, 3.05) is 18.5 Å². The number of aryl methyl sites for hydroxylation is 1. The molecule has 3 amide bonds. The molecular weight excluding hydrogens is 427 g/mol. The van der Waals surface area contributed by atoms with E-state index in [4.69, 9.17) is 4.74 Å². The van der Waals surface area contributed by atoms with Crippen LogP contribution in [0.15, 0.2) is 29.2 Å². The number of amides is 3. The second-order valence-electron chi connectivity index (χ2n) is 6.77. The summed E-state index contributed by atoms with van der Waals surface area (Å²) in [7, 11) is -4.85. The van der Waals surface area contributed by atoms with Crippen molar-refractivity contribution in [3.8, 4) is 5.75 Å². The summed E-state index contributed by atoms with van der Waals surface area (Å²) in [6.07, 6.45) is 0. The molecule has 2 N–H and O–H groups in total. The predicted molar refractivity (Wildman–Crippen MR) is 96.8 cm³/mol. The van der Waals surface area contributed by atoms with E-state index in [-0.39, 0.29) is 22.2 Å². The molecule has 12 heteroatoms. The van der Waals surface area contributed by atoms with Gasteiger partial charge in [0.2, 0.25) is 5.91 Å². The first-order chi connectivity index (χ1) is 14.1. The number of halogens is 3. The minimum atomic E-state index is -4.85. The van der Waals surface area contributed by atoms with E-state index in [1.54, 1.807) is 13.0 Å². The first-order valence-electron chi connectivity index (χ1n) is 8.63. The molecule has 0 aromatic heterocycles. The van der Waals surface area contributed by atoms with E-state index in [2.05, 4.69) is 10.6 Å². The van der Waals surface area contributed by atoms with Gasteiger partial charge in [0.15, 0.2) is 11.6 Å². The smallest absolute Gasteiger partial charge is 0.336 e. The Hall–Kier alpha value is -3.28. The molecule has 0 aliphatic carbocycles. The molecule has 2 aliphatic heterocycles. The standard InChI is InChI=1S/C18H14F3N3O5S/c1-8-4-10(20)15-12(7-29-13(15)5-8)22-14(25)6-24-18(26)23-11-3-2-9(19)16(21)17(11)30(24,27)28/h2-5,12H,6-7H2,1H3,(H,22,25)(H,23,26)/t12-/m1/s1. The lowest BCUT2D eigenvalue weighted by Gasteiger charge is -2.28. The van der Waals surface area contributed by atoms with E-state index >= 15 is 0 Å². The second-order valence-corrected chi connectivity index (χ2v) is 8.57. The highest BCUT2D eigenvalue weighted by molar-refractivity contribution is 7.90. The molecule has 0 saturated carbocycles. The molecule has 158 valence electrons. The first-order valence-corrected chi connectivity index (χ1v) is 10.1. The molecule has 8 nitrogen and oxygen atoms in total. The molecule has 1 atom stereocenters. The zero-order valence-electron chi connectivity index (χ0n) is 15.3. The lowest BCUT2D eigenvalue weighted by atomic mass is 10.1. The van der Waals surface area contributed by atoms with Gasteiger partial charge in [-0.15, -0.1) is 0 Å². The van der Waals surface area contributed by atoms with Crippen LogP contribution in [0.1, 0.15) is 17.2 Å². The molecule has 30 heavy (non-hydrogen) atoms. The van der Waals surface area contributed by atoms with E-state index in [9.17, 15) is 31.2 Å². The van der Waals surface area contributed by atoms with Gasteiger partial charge in [0.1, 0.15) is 29.6 Å². The van der Waals surface area contributed by atoms with Gasteiger partial charge in [-0.05, 0) is 36.8 Å². The SMILES string of the molecule is Cc1cc(F)c2c(c1)OC[C@H]2NC(=O)CN1C(=O)Nc2ccc(F)c(F)c2S1(=O)=O. The van der Waals surface area contributed by atoms with Crippen LogP contribution in [-0.4, -0.2) is 37.8 Å². The van der Waals surface area contributed by atoms with Gasteiger partial charge in [-0.25, -0.2) is 30.7 Å². The van der Waals surface area contributed by atoms with E-state index in [0.717, 1.165) is 6.07 Å². The van der Waals surface area contributed by atoms with E-state index in [1.807, 2.05) is 0 Å². The molecule has 0 unspecified atom stereocenters. The van der Waals surface area contributed by atoms with Crippen LogP contribution in [0.3, 0.4) is 0 Å². The number of urea groups is 1. The normalized spacial score (nSPS) is 18.9. The number of sulfonamides is 1. The summed E-state index contributed by atoms with van der Waals surface area (Å²) in [5, 5.41) is 4.49. The third-order valence-electron chi connectivity index (χ3n) is 4.68. The van der Waals surface area contributed by atoms with Crippen LogP contribution in [0.2, 0.25) is 0 Å². The van der Waals surface area contributed by atoms with Crippen LogP contribution in [0.5, 0.6) is 5.75 Å². The molecular formula is C18H14F3N3O5S. The highest BCUT2D eigenvalue weighted by Crippen LogP contribution is 2.36. The number of rotatable bonds is 3. The van der Waals surface area contributed by atoms with Gasteiger partial charge in [-0.3, -0.25) is 4.79 Å². The number of hydrogen-bond donors (Lipinski definition) is 2. The van der Waals surface area contributed by atoms with Crippen LogP contribution < -0.4 is 15.4 Å². The van der Waals surface area contributed by atoms with Crippen molar-refractivity contribution in [1.82, 2.24) is 9.62 Å². The average Bonchev–Trinajstić information content (AvgIpc) is 3.04. The molecule has 2 aromatic carbocycles. The number of nitrogens with one attached hydrogen (secondary N) is 2. The second kappa shape index (κ2) is 6.90. The maximum atomic E-state index is 14.3. The van der Waals surface area contributed by atoms with Crippen molar-refractivity contribution in [3.63, 3.8) is 0 Å². The van der Waals surface area contributed by atoms with Crippen LogP contribution in [0.25, 0.3) is 0 Å². The monoisotopic (exact) mass is 441 g/mol.